The lowest BCUT2D eigenvalue weighted by Gasteiger charge is -2.53. The summed E-state index contributed by atoms with van der Waals surface area (Å²) in [7, 11) is 1.68. The molecule has 2 aromatic rings. The van der Waals surface area contributed by atoms with Gasteiger partial charge in [-0.15, -0.1) is 0 Å². The molecular formula is C25H25NO4. The molecule has 0 radical (unpaired) electrons. The van der Waals surface area contributed by atoms with Crippen LogP contribution in [0.15, 0.2) is 48.2 Å². The highest BCUT2D eigenvalue weighted by atomic mass is 16.6. The number of para-hydroxylation sites is 1. The zero-order valence-electron chi connectivity index (χ0n) is 17.0. The number of hydrogen-bond donors (Lipinski definition) is 1. The van der Waals surface area contributed by atoms with Crippen LogP contribution in [0.3, 0.4) is 0 Å². The van der Waals surface area contributed by atoms with Crippen molar-refractivity contribution in [2.45, 2.75) is 43.6 Å². The maximum Gasteiger partial charge on any atom is 0.345 e. The SMILES string of the molecule is COc1ccc2c3c1OC1C(OC(=O)c4ccccc4N)=CCC4C(CCCC314)C2. The van der Waals surface area contributed by atoms with Crippen LogP contribution in [-0.2, 0) is 16.6 Å². The van der Waals surface area contributed by atoms with Crippen molar-refractivity contribution in [3.8, 4) is 11.5 Å². The zero-order chi connectivity index (χ0) is 20.5. The smallest absolute Gasteiger partial charge is 0.345 e. The van der Waals surface area contributed by atoms with Crippen molar-refractivity contribution in [3.05, 3.63) is 64.9 Å². The summed E-state index contributed by atoms with van der Waals surface area (Å²) >= 11 is 0. The van der Waals surface area contributed by atoms with Gasteiger partial charge in [0, 0.05) is 16.7 Å². The van der Waals surface area contributed by atoms with E-state index in [4.69, 9.17) is 19.9 Å². The number of rotatable bonds is 3. The second-order valence-electron chi connectivity index (χ2n) is 8.95. The van der Waals surface area contributed by atoms with E-state index in [0.717, 1.165) is 30.8 Å². The van der Waals surface area contributed by atoms with E-state index >= 15 is 0 Å². The second kappa shape index (κ2) is 6.27. The monoisotopic (exact) mass is 403 g/mol. The highest BCUT2D eigenvalue weighted by molar-refractivity contribution is 5.95. The minimum atomic E-state index is -0.427. The Labute approximate surface area is 175 Å². The van der Waals surface area contributed by atoms with Crippen LogP contribution in [0.5, 0.6) is 11.5 Å². The van der Waals surface area contributed by atoms with Crippen LogP contribution in [0.2, 0.25) is 0 Å². The number of hydrogen-bond acceptors (Lipinski definition) is 5. The average Bonchev–Trinajstić information content (AvgIpc) is 3.09. The largest absolute Gasteiger partial charge is 0.493 e. The van der Waals surface area contributed by atoms with E-state index in [1.165, 1.54) is 24.0 Å². The number of carbonyl (C=O) groups is 1. The Bertz CT molecular complexity index is 1090. The van der Waals surface area contributed by atoms with Gasteiger partial charge in [0.2, 0.25) is 0 Å². The molecule has 4 unspecified atom stereocenters. The standard InChI is InChI=1S/C25H25NO4/c1-28-19-10-8-15-13-14-5-4-12-25-17(14)9-11-20(23(25)30-22(19)21(15)25)29-24(27)16-6-2-3-7-18(16)26/h2-3,6-8,10-11,14,17,23H,4-5,9,12-13,26H2,1H3. The van der Waals surface area contributed by atoms with E-state index in [-0.39, 0.29) is 11.5 Å². The van der Waals surface area contributed by atoms with Crippen molar-refractivity contribution >= 4 is 11.7 Å². The van der Waals surface area contributed by atoms with Gasteiger partial charge in [0.1, 0.15) is 5.76 Å². The number of nitrogen functional groups attached to an aromatic ring is 1. The summed E-state index contributed by atoms with van der Waals surface area (Å²) in [4.78, 5) is 12.9. The third-order valence-electron chi connectivity index (χ3n) is 7.70. The molecule has 6 rings (SSSR count). The lowest BCUT2D eigenvalue weighted by atomic mass is 9.49. The maximum absolute atomic E-state index is 12.9. The van der Waals surface area contributed by atoms with Crippen molar-refractivity contribution < 1.29 is 19.0 Å². The van der Waals surface area contributed by atoms with E-state index in [2.05, 4.69) is 12.1 Å². The molecule has 4 aliphatic rings. The van der Waals surface area contributed by atoms with Gasteiger partial charge in [-0.1, -0.05) is 24.6 Å². The van der Waals surface area contributed by atoms with Crippen LogP contribution in [0.1, 0.15) is 47.2 Å². The van der Waals surface area contributed by atoms with Gasteiger partial charge in [-0.2, -0.15) is 0 Å². The molecule has 2 bridgehead atoms. The lowest BCUT2D eigenvalue weighted by molar-refractivity contribution is -0.00130. The number of nitrogens with two attached hydrogens (primary N) is 1. The molecule has 3 aliphatic carbocycles. The molecule has 5 nitrogen and oxygen atoms in total. The first-order valence-corrected chi connectivity index (χ1v) is 10.8. The summed E-state index contributed by atoms with van der Waals surface area (Å²) in [6.45, 7) is 0. The summed E-state index contributed by atoms with van der Waals surface area (Å²) < 4.78 is 18.2. The Morgan fingerprint density at radius 1 is 1.23 bits per heavy atom. The number of carbonyl (C=O) groups excluding carboxylic acids is 1. The van der Waals surface area contributed by atoms with Crippen LogP contribution in [0.4, 0.5) is 5.69 Å². The van der Waals surface area contributed by atoms with Gasteiger partial charge in [-0.3, -0.25) is 0 Å². The molecule has 5 heteroatoms. The van der Waals surface area contributed by atoms with Crippen LogP contribution >= 0.6 is 0 Å². The summed E-state index contributed by atoms with van der Waals surface area (Å²) in [6.07, 6.45) is 7.26. The van der Waals surface area contributed by atoms with Gasteiger partial charge >= 0.3 is 5.97 Å². The Morgan fingerprint density at radius 3 is 2.93 bits per heavy atom. The van der Waals surface area contributed by atoms with Crippen LogP contribution < -0.4 is 15.2 Å². The topological polar surface area (TPSA) is 70.8 Å². The number of benzene rings is 2. The highest BCUT2D eigenvalue weighted by Gasteiger charge is 2.63. The Hall–Kier alpha value is -2.95. The molecule has 1 aliphatic heterocycles. The van der Waals surface area contributed by atoms with E-state index in [1.807, 2.05) is 12.1 Å². The molecule has 154 valence electrons. The third-order valence-corrected chi connectivity index (χ3v) is 7.70. The molecule has 4 atom stereocenters. The first-order chi connectivity index (χ1) is 14.6. The van der Waals surface area contributed by atoms with Crippen LogP contribution in [-0.4, -0.2) is 19.2 Å². The molecule has 0 aromatic heterocycles. The predicted molar refractivity (Wildman–Crippen MR) is 113 cm³/mol. The number of methoxy groups -OCH3 is 1. The first-order valence-electron chi connectivity index (χ1n) is 10.8. The fourth-order valence-corrected chi connectivity index (χ4v) is 6.55. The van der Waals surface area contributed by atoms with Crippen LogP contribution in [0.25, 0.3) is 0 Å². The van der Waals surface area contributed by atoms with E-state index in [1.54, 1.807) is 25.3 Å². The zero-order valence-corrected chi connectivity index (χ0v) is 17.0. The fourth-order valence-electron chi connectivity index (χ4n) is 6.55. The molecule has 1 saturated carbocycles. The fraction of sp³-hybridized carbons (Fsp3) is 0.400. The minimum Gasteiger partial charge on any atom is -0.493 e. The molecule has 2 N–H and O–H groups in total. The Kier molecular flexibility index (Phi) is 3.74. The van der Waals surface area contributed by atoms with E-state index in [9.17, 15) is 4.79 Å². The average molecular weight is 403 g/mol. The maximum atomic E-state index is 12.9. The van der Waals surface area contributed by atoms with Crippen molar-refractivity contribution in [1.82, 2.24) is 0 Å². The van der Waals surface area contributed by atoms with E-state index in [0.29, 0.717) is 28.8 Å². The molecular weight excluding hydrogens is 378 g/mol. The normalized spacial score (nSPS) is 30.0. The molecule has 1 heterocycles. The van der Waals surface area contributed by atoms with Crippen molar-refractivity contribution in [1.29, 1.82) is 0 Å². The lowest BCUT2D eigenvalue weighted by Crippen LogP contribution is -2.55. The summed E-state index contributed by atoms with van der Waals surface area (Å²) in [6, 6.07) is 11.2. The number of esters is 1. The van der Waals surface area contributed by atoms with Gasteiger partial charge in [-0.05, 0) is 67.4 Å². The molecule has 0 saturated heterocycles. The summed E-state index contributed by atoms with van der Waals surface area (Å²) in [5.74, 6) is 2.96. The third kappa shape index (κ3) is 2.21. The first kappa shape index (κ1) is 17.9. The number of anilines is 1. The van der Waals surface area contributed by atoms with Crippen LogP contribution in [0, 0.1) is 11.8 Å². The Morgan fingerprint density at radius 2 is 2.10 bits per heavy atom. The quantitative estimate of drug-likeness (QED) is 0.608. The highest BCUT2D eigenvalue weighted by Crippen LogP contribution is 2.65. The van der Waals surface area contributed by atoms with Crippen molar-refractivity contribution in [2.75, 3.05) is 12.8 Å². The van der Waals surface area contributed by atoms with Crippen molar-refractivity contribution in [2.24, 2.45) is 11.8 Å². The molecule has 1 spiro atoms. The molecule has 30 heavy (non-hydrogen) atoms. The predicted octanol–water partition coefficient (Wildman–Crippen LogP) is 4.39. The van der Waals surface area contributed by atoms with E-state index < -0.39 is 5.97 Å². The van der Waals surface area contributed by atoms with Crippen molar-refractivity contribution in [3.63, 3.8) is 0 Å². The Balaban J connectivity index is 1.44. The minimum absolute atomic E-state index is 0.132. The summed E-state index contributed by atoms with van der Waals surface area (Å²) in [5, 5.41) is 0. The number of allylic oxidation sites excluding steroid dienone is 1. The van der Waals surface area contributed by atoms with Gasteiger partial charge in [0.25, 0.3) is 0 Å². The second-order valence-corrected chi connectivity index (χ2v) is 8.95. The van der Waals surface area contributed by atoms with Gasteiger partial charge < -0.3 is 19.9 Å². The molecule has 1 fully saturated rings. The molecule has 2 aromatic carbocycles. The van der Waals surface area contributed by atoms with Gasteiger partial charge in [0.15, 0.2) is 17.6 Å². The number of ether oxygens (including phenoxy) is 3. The van der Waals surface area contributed by atoms with Gasteiger partial charge in [-0.25, -0.2) is 4.79 Å². The van der Waals surface area contributed by atoms with Gasteiger partial charge in [0.05, 0.1) is 12.7 Å². The molecule has 0 amide bonds. The summed E-state index contributed by atoms with van der Waals surface area (Å²) in [5.41, 5.74) is 9.35.